The summed E-state index contributed by atoms with van der Waals surface area (Å²) >= 11 is 0. The minimum absolute atomic E-state index is 0.0319. The summed E-state index contributed by atoms with van der Waals surface area (Å²) in [6.45, 7) is 7.74. The molecular weight excluding hydrogens is 336 g/mol. The fourth-order valence-electron chi connectivity index (χ4n) is 3.01. The van der Waals surface area contributed by atoms with E-state index in [1.807, 2.05) is 14.1 Å². The zero-order chi connectivity index (χ0) is 18.4. The third-order valence-electron chi connectivity index (χ3n) is 4.61. The second-order valence-electron chi connectivity index (χ2n) is 6.76. The molecule has 1 fully saturated rings. The van der Waals surface area contributed by atoms with E-state index in [9.17, 15) is 8.42 Å². The molecule has 1 saturated heterocycles. The van der Waals surface area contributed by atoms with Gasteiger partial charge >= 0.3 is 0 Å². The zero-order valence-electron chi connectivity index (χ0n) is 15.5. The Morgan fingerprint density at radius 2 is 1.80 bits per heavy atom. The van der Waals surface area contributed by atoms with E-state index in [1.54, 1.807) is 0 Å². The van der Waals surface area contributed by atoms with E-state index < -0.39 is 10.0 Å². The van der Waals surface area contributed by atoms with Gasteiger partial charge in [0.05, 0.1) is 5.75 Å². The number of nitrogens with one attached hydrogen (secondary N) is 1. The first kappa shape index (κ1) is 19.9. The Hall–Kier alpha value is -1.41. The number of nitrogens with zero attached hydrogens (tertiary/aromatic N) is 3. The predicted molar refractivity (Wildman–Crippen MR) is 105 cm³/mol. The van der Waals surface area contributed by atoms with Crippen molar-refractivity contribution in [1.29, 1.82) is 0 Å². The van der Waals surface area contributed by atoms with Gasteiger partial charge < -0.3 is 9.80 Å². The number of sulfonamides is 1. The van der Waals surface area contributed by atoms with Gasteiger partial charge in [0.15, 0.2) is 0 Å². The normalized spacial score (nSPS) is 18.0. The highest BCUT2D eigenvalue weighted by atomic mass is 32.2. The lowest BCUT2D eigenvalue weighted by molar-refractivity contribution is 0.113. The smallest absolute Gasteiger partial charge is 0.215 e. The molecule has 1 aliphatic heterocycles. The van der Waals surface area contributed by atoms with Gasteiger partial charge in [0.2, 0.25) is 10.0 Å². The SMILES string of the molecule is C=CCS(=O)(=O)NC[C@@H](c1ccc(N(C)C)cc1)N1CCN(C)CC1. The quantitative estimate of drug-likeness (QED) is 0.700. The van der Waals surface area contributed by atoms with Gasteiger partial charge in [-0.15, -0.1) is 6.58 Å². The van der Waals surface area contributed by atoms with E-state index in [0.717, 1.165) is 37.4 Å². The Bertz CT molecular complexity index is 650. The molecule has 0 amide bonds. The van der Waals surface area contributed by atoms with Crippen LogP contribution in [0.25, 0.3) is 0 Å². The summed E-state index contributed by atoms with van der Waals surface area (Å²) in [6, 6.07) is 8.39. The van der Waals surface area contributed by atoms with E-state index in [2.05, 4.69) is 57.3 Å². The minimum Gasteiger partial charge on any atom is -0.378 e. The summed E-state index contributed by atoms with van der Waals surface area (Å²) in [4.78, 5) is 6.72. The number of likely N-dealkylation sites (N-methyl/N-ethyl adjacent to an activating group) is 1. The van der Waals surface area contributed by atoms with Crippen molar-refractivity contribution in [2.75, 3.05) is 64.5 Å². The highest BCUT2D eigenvalue weighted by molar-refractivity contribution is 7.89. The van der Waals surface area contributed by atoms with Gasteiger partial charge in [0.1, 0.15) is 0 Å². The van der Waals surface area contributed by atoms with Crippen LogP contribution in [0, 0.1) is 0 Å². The molecule has 1 aromatic carbocycles. The zero-order valence-corrected chi connectivity index (χ0v) is 16.3. The summed E-state index contributed by atoms with van der Waals surface area (Å²) < 4.78 is 26.8. The van der Waals surface area contributed by atoms with Gasteiger partial charge in [-0.3, -0.25) is 4.90 Å². The molecule has 1 N–H and O–H groups in total. The minimum atomic E-state index is -3.32. The van der Waals surface area contributed by atoms with Crippen molar-refractivity contribution in [2.24, 2.45) is 0 Å². The molecule has 7 heteroatoms. The molecule has 25 heavy (non-hydrogen) atoms. The van der Waals surface area contributed by atoms with Crippen molar-refractivity contribution >= 4 is 15.7 Å². The number of hydrogen-bond donors (Lipinski definition) is 1. The van der Waals surface area contributed by atoms with Crippen molar-refractivity contribution in [3.8, 4) is 0 Å². The summed E-state index contributed by atoms with van der Waals surface area (Å²) in [5.74, 6) is -0.0535. The van der Waals surface area contributed by atoms with Crippen molar-refractivity contribution in [3.63, 3.8) is 0 Å². The molecule has 1 atom stereocenters. The van der Waals surface area contributed by atoms with E-state index in [1.165, 1.54) is 6.08 Å². The monoisotopic (exact) mass is 366 g/mol. The van der Waals surface area contributed by atoms with E-state index >= 15 is 0 Å². The highest BCUT2D eigenvalue weighted by Crippen LogP contribution is 2.24. The molecule has 6 nitrogen and oxygen atoms in total. The van der Waals surface area contributed by atoms with Gasteiger partial charge in [-0.2, -0.15) is 0 Å². The molecule has 0 aliphatic carbocycles. The summed E-state index contributed by atoms with van der Waals surface area (Å²) in [5.41, 5.74) is 2.27. The first-order chi connectivity index (χ1) is 11.8. The topological polar surface area (TPSA) is 55.9 Å². The maximum absolute atomic E-state index is 12.0. The molecule has 0 radical (unpaired) electrons. The van der Waals surface area contributed by atoms with Crippen LogP contribution in [0.15, 0.2) is 36.9 Å². The van der Waals surface area contributed by atoms with Gasteiger partial charge in [-0.1, -0.05) is 18.2 Å². The summed E-state index contributed by atoms with van der Waals surface area (Å²) in [5, 5.41) is 0. The van der Waals surface area contributed by atoms with Crippen molar-refractivity contribution < 1.29 is 8.42 Å². The second-order valence-corrected chi connectivity index (χ2v) is 8.61. The van der Waals surface area contributed by atoms with Crippen LogP contribution < -0.4 is 9.62 Å². The van der Waals surface area contributed by atoms with Crippen LogP contribution in [0.1, 0.15) is 11.6 Å². The highest BCUT2D eigenvalue weighted by Gasteiger charge is 2.25. The number of hydrogen-bond acceptors (Lipinski definition) is 5. The van der Waals surface area contributed by atoms with E-state index in [-0.39, 0.29) is 11.8 Å². The largest absolute Gasteiger partial charge is 0.378 e. The lowest BCUT2D eigenvalue weighted by Gasteiger charge is -2.38. The van der Waals surface area contributed by atoms with Gasteiger partial charge in [0.25, 0.3) is 0 Å². The first-order valence-corrected chi connectivity index (χ1v) is 10.3. The van der Waals surface area contributed by atoms with Crippen LogP contribution in [-0.4, -0.2) is 77.8 Å². The van der Waals surface area contributed by atoms with Crippen LogP contribution in [0.4, 0.5) is 5.69 Å². The molecular formula is C18H30N4O2S. The van der Waals surface area contributed by atoms with Gasteiger partial charge in [0, 0.05) is 58.5 Å². The summed E-state index contributed by atoms with van der Waals surface area (Å²) in [7, 11) is 2.82. The maximum atomic E-state index is 12.0. The molecule has 0 saturated carbocycles. The van der Waals surface area contributed by atoms with Crippen molar-refractivity contribution in [1.82, 2.24) is 14.5 Å². The lowest BCUT2D eigenvalue weighted by atomic mass is 10.0. The molecule has 0 spiro atoms. The summed E-state index contributed by atoms with van der Waals surface area (Å²) in [6.07, 6.45) is 1.42. The van der Waals surface area contributed by atoms with E-state index in [4.69, 9.17) is 0 Å². The third kappa shape index (κ3) is 5.81. The first-order valence-electron chi connectivity index (χ1n) is 8.60. The third-order valence-corrected chi connectivity index (χ3v) is 5.89. The second kappa shape index (κ2) is 8.80. The molecule has 2 rings (SSSR count). The fraction of sp³-hybridized carbons (Fsp3) is 0.556. The Morgan fingerprint density at radius 3 is 2.32 bits per heavy atom. The van der Waals surface area contributed by atoms with Crippen LogP contribution >= 0.6 is 0 Å². The molecule has 0 aromatic heterocycles. The Balaban J connectivity index is 2.17. The predicted octanol–water partition coefficient (Wildman–Crippen LogP) is 1.15. The standard InChI is InChI=1S/C18H30N4O2S/c1-5-14-25(23,24)19-15-18(22-12-10-21(4)11-13-22)16-6-8-17(9-7-16)20(2)3/h5-9,18-19H,1,10-15H2,2-4H3/t18-/m0/s1. The van der Waals surface area contributed by atoms with E-state index in [0.29, 0.717) is 6.54 Å². The Kier molecular flexibility index (Phi) is 7.01. The molecule has 1 heterocycles. The molecule has 0 bridgehead atoms. The fourth-order valence-corrected chi connectivity index (χ4v) is 3.85. The molecule has 140 valence electrons. The van der Waals surface area contributed by atoms with Crippen LogP contribution in [0.2, 0.25) is 0 Å². The molecule has 0 unspecified atom stereocenters. The number of piperazine rings is 1. The van der Waals surface area contributed by atoms with Crippen LogP contribution in [0.3, 0.4) is 0 Å². The number of anilines is 1. The molecule has 1 aliphatic rings. The van der Waals surface area contributed by atoms with Gasteiger partial charge in [-0.05, 0) is 24.7 Å². The Labute approximate surface area is 152 Å². The van der Waals surface area contributed by atoms with Crippen molar-refractivity contribution in [3.05, 3.63) is 42.5 Å². The number of benzene rings is 1. The lowest BCUT2D eigenvalue weighted by Crippen LogP contribution is -2.48. The van der Waals surface area contributed by atoms with Crippen molar-refractivity contribution in [2.45, 2.75) is 6.04 Å². The maximum Gasteiger partial charge on any atom is 0.215 e. The van der Waals surface area contributed by atoms with Gasteiger partial charge in [-0.25, -0.2) is 13.1 Å². The Morgan fingerprint density at radius 1 is 1.20 bits per heavy atom. The molecule has 1 aromatic rings. The van der Waals surface area contributed by atoms with Crippen LogP contribution in [-0.2, 0) is 10.0 Å². The number of rotatable bonds is 8. The van der Waals surface area contributed by atoms with Crippen LogP contribution in [0.5, 0.6) is 0 Å². The average molecular weight is 367 g/mol. The average Bonchev–Trinajstić information content (AvgIpc) is 2.57.